The van der Waals surface area contributed by atoms with Crippen LogP contribution in [0.2, 0.25) is 0 Å². The van der Waals surface area contributed by atoms with Crippen LogP contribution in [0.4, 0.5) is 0 Å². The molecular weight excluding hydrogens is 234 g/mol. The Morgan fingerprint density at radius 1 is 1.61 bits per heavy atom. The van der Waals surface area contributed by atoms with Crippen LogP contribution in [0.1, 0.15) is 35.3 Å². The Bertz CT molecular complexity index is 438. The minimum absolute atomic E-state index is 0.216. The maximum atomic E-state index is 11.0. The highest BCUT2D eigenvalue weighted by Crippen LogP contribution is 2.47. The minimum atomic E-state index is -0.948. The maximum absolute atomic E-state index is 11.0. The molecule has 0 amide bonds. The van der Waals surface area contributed by atoms with Gasteiger partial charge in [0.1, 0.15) is 5.56 Å². The van der Waals surface area contributed by atoms with Gasteiger partial charge in [-0.15, -0.1) is 0 Å². The number of nitrogens with one attached hydrogen (secondary N) is 1. The second kappa shape index (κ2) is 5.07. The van der Waals surface area contributed by atoms with Gasteiger partial charge >= 0.3 is 5.97 Å². The van der Waals surface area contributed by atoms with Crippen LogP contribution in [-0.2, 0) is 13.6 Å². The van der Waals surface area contributed by atoms with Gasteiger partial charge in [0, 0.05) is 26.7 Å². The molecule has 1 aromatic rings. The van der Waals surface area contributed by atoms with Crippen molar-refractivity contribution in [3.8, 4) is 0 Å². The molecule has 0 aliphatic heterocycles. The summed E-state index contributed by atoms with van der Waals surface area (Å²) < 4.78 is 1.59. The molecule has 2 rings (SSSR count). The summed E-state index contributed by atoms with van der Waals surface area (Å²) in [5, 5.41) is 25.2. The Hall–Kier alpha value is -1.40. The predicted molar refractivity (Wildman–Crippen MR) is 65.2 cm³/mol. The molecule has 1 aromatic heterocycles. The van der Waals surface area contributed by atoms with Gasteiger partial charge in [-0.2, -0.15) is 5.10 Å². The molecule has 1 fully saturated rings. The van der Waals surface area contributed by atoms with Crippen molar-refractivity contribution in [3.63, 3.8) is 0 Å². The van der Waals surface area contributed by atoms with E-state index in [1.54, 1.807) is 11.7 Å². The van der Waals surface area contributed by atoms with Crippen LogP contribution in [0.15, 0.2) is 6.20 Å². The SMILES string of the molecule is Cn1ncc(C(=O)O)c1CNCC1(CCO)CC1. The number of aliphatic hydroxyl groups is 1. The van der Waals surface area contributed by atoms with E-state index in [1.807, 2.05) is 0 Å². The van der Waals surface area contributed by atoms with Crippen LogP contribution >= 0.6 is 0 Å². The van der Waals surface area contributed by atoms with Crippen molar-refractivity contribution in [2.45, 2.75) is 25.8 Å². The number of aromatic nitrogens is 2. The molecule has 0 atom stereocenters. The van der Waals surface area contributed by atoms with Crippen LogP contribution in [0.3, 0.4) is 0 Å². The number of nitrogens with zero attached hydrogens (tertiary/aromatic N) is 2. The number of carboxylic acids is 1. The zero-order valence-corrected chi connectivity index (χ0v) is 10.5. The Labute approximate surface area is 106 Å². The van der Waals surface area contributed by atoms with Gasteiger partial charge in [0.05, 0.1) is 11.9 Å². The second-order valence-electron chi connectivity index (χ2n) is 5.01. The van der Waals surface area contributed by atoms with E-state index in [4.69, 9.17) is 10.2 Å². The number of aromatic carboxylic acids is 1. The molecule has 0 radical (unpaired) electrons. The quantitative estimate of drug-likeness (QED) is 0.653. The van der Waals surface area contributed by atoms with Gasteiger partial charge in [-0.25, -0.2) is 4.79 Å². The van der Waals surface area contributed by atoms with Crippen LogP contribution in [0, 0.1) is 5.41 Å². The van der Waals surface area contributed by atoms with Crippen molar-refractivity contribution in [1.82, 2.24) is 15.1 Å². The first-order valence-corrected chi connectivity index (χ1v) is 6.14. The fraction of sp³-hybridized carbons (Fsp3) is 0.667. The summed E-state index contributed by atoms with van der Waals surface area (Å²) in [6.45, 7) is 1.52. The van der Waals surface area contributed by atoms with Gasteiger partial charge in [0.25, 0.3) is 0 Å². The Kier molecular flexibility index (Phi) is 3.68. The number of aryl methyl sites for hydroxylation is 1. The Morgan fingerprint density at radius 3 is 2.89 bits per heavy atom. The van der Waals surface area contributed by atoms with Crippen LogP contribution in [-0.4, -0.2) is 39.1 Å². The number of rotatable bonds is 7. The molecule has 1 aliphatic rings. The van der Waals surface area contributed by atoms with Gasteiger partial charge in [0.15, 0.2) is 0 Å². The van der Waals surface area contributed by atoms with Crippen LogP contribution in [0.25, 0.3) is 0 Å². The molecule has 1 aliphatic carbocycles. The van der Waals surface area contributed by atoms with Crippen molar-refractivity contribution in [3.05, 3.63) is 17.5 Å². The highest BCUT2D eigenvalue weighted by molar-refractivity contribution is 5.88. The topological polar surface area (TPSA) is 87.4 Å². The van der Waals surface area contributed by atoms with Gasteiger partial charge in [-0.3, -0.25) is 4.68 Å². The second-order valence-corrected chi connectivity index (χ2v) is 5.01. The third-order valence-electron chi connectivity index (χ3n) is 3.68. The molecule has 1 saturated carbocycles. The van der Waals surface area contributed by atoms with Crippen molar-refractivity contribution in [1.29, 1.82) is 0 Å². The first kappa shape index (κ1) is 13.0. The lowest BCUT2D eigenvalue weighted by molar-refractivity contribution is 0.0695. The molecular formula is C12H19N3O3. The third-order valence-corrected chi connectivity index (χ3v) is 3.68. The Balaban J connectivity index is 1.90. The number of carboxylic acid groups (broad SMARTS) is 1. The van der Waals surface area contributed by atoms with E-state index in [1.165, 1.54) is 6.20 Å². The molecule has 3 N–H and O–H groups in total. The largest absolute Gasteiger partial charge is 0.478 e. The standard InChI is InChI=1S/C12H19N3O3/c1-15-10(9(6-14-15)11(17)18)7-13-8-12(2-3-12)4-5-16/h6,13,16H,2-5,7-8H2,1H3,(H,17,18). The molecule has 0 saturated heterocycles. The maximum Gasteiger partial charge on any atom is 0.339 e. The average molecular weight is 253 g/mol. The normalized spacial score (nSPS) is 16.8. The molecule has 0 unspecified atom stereocenters. The molecule has 6 nitrogen and oxygen atoms in total. The van der Waals surface area contributed by atoms with Crippen LogP contribution in [0.5, 0.6) is 0 Å². The van der Waals surface area contributed by atoms with E-state index in [0.29, 0.717) is 12.2 Å². The molecule has 6 heteroatoms. The number of hydrogen-bond donors (Lipinski definition) is 3. The summed E-state index contributed by atoms with van der Waals surface area (Å²) in [5.41, 5.74) is 1.16. The van der Waals surface area contributed by atoms with Crippen LogP contribution < -0.4 is 5.32 Å². The predicted octanol–water partition coefficient (Wildman–Crippen LogP) is 0.370. The number of carbonyl (C=O) groups is 1. The fourth-order valence-electron chi connectivity index (χ4n) is 2.23. The molecule has 1 heterocycles. The van der Waals surface area contributed by atoms with Gasteiger partial charge in [-0.05, 0) is 24.7 Å². The van der Waals surface area contributed by atoms with Crippen molar-refractivity contribution in [2.75, 3.05) is 13.2 Å². The summed E-state index contributed by atoms with van der Waals surface area (Å²) in [4.78, 5) is 11.0. The minimum Gasteiger partial charge on any atom is -0.478 e. The van der Waals surface area contributed by atoms with E-state index in [9.17, 15) is 4.79 Å². The summed E-state index contributed by atoms with van der Waals surface area (Å²) >= 11 is 0. The number of aliphatic hydroxyl groups excluding tert-OH is 1. The van der Waals surface area contributed by atoms with E-state index >= 15 is 0 Å². The molecule has 0 bridgehead atoms. The Morgan fingerprint density at radius 2 is 2.33 bits per heavy atom. The van der Waals surface area contributed by atoms with Gasteiger partial charge < -0.3 is 15.5 Å². The smallest absolute Gasteiger partial charge is 0.339 e. The monoisotopic (exact) mass is 253 g/mol. The zero-order valence-electron chi connectivity index (χ0n) is 10.5. The molecule has 100 valence electrons. The highest BCUT2D eigenvalue weighted by Gasteiger charge is 2.41. The van der Waals surface area contributed by atoms with Gasteiger partial charge in [0.2, 0.25) is 0 Å². The van der Waals surface area contributed by atoms with E-state index < -0.39 is 5.97 Å². The summed E-state index contributed by atoms with van der Waals surface area (Å²) in [6, 6.07) is 0. The molecule has 0 spiro atoms. The third kappa shape index (κ3) is 2.70. The fourth-order valence-corrected chi connectivity index (χ4v) is 2.23. The lowest BCUT2D eigenvalue weighted by atomic mass is 10.0. The van der Waals surface area contributed by atoms with Crippen molar-refractivity contribution >= 4 is 5.97 Å². The highest BCUT2D eigenvalue weighted by atomic mass is 16.4. The van der Waals surface area contributed by atoms with E-state index in [0.717, 1.165) is 25.8 Å². The summed E-state index contributed by atoms with van der Waals surface area (Å²) in [5.74, 6) is -0.948. The van der Waals surface area contributed by atoms with Gasteiger partial charge in [-0.1, -0.05) is 0 Å². The summed E-state index contributed by atoms with van der Waals surface area (Å²) in [7, 11) is 1.74. The number of hydrogen-bond acceptors (Lipinski definition) is 4. The molecule has 18 heavy (non-hydrogen) atoms. The van der Waals surface area contributed by atoms with E-state index in [2.05, 4.69) is 10.4 Å². The lowest BCUT2D eigenvalue weighted by Gasteiger charge is -2.14. The first-order valence-electron chi connectivity index (χ1n) is 6.14. The van der Waals surface area contributed by atoms with Crippen molar-refractivity contribution in [2.24, 2.45) is 12.5 Å². The average Bonchev–Trinajstić information content (AvgIpc) is 2.97. The first-order chi connectivity index (χ1) is 8.58. The summed E-state index contributed by atoms with van der Waals surface area (Å²) in [6.07, 6.45) is 4.46. The zero-order chi connectivity index (χ0) is 13.2. The van der Waals surface area contributed by atoms with E-state index in [-0.39, 0.29) is 17.6 Å². The lowest BCUT2D eigenvalue weighted by Crippen LogP contribution is -2.26. The van der Waals surface area contributed by atoms with Crippen molar-refractivity contribution < 1.29 is 15.0 Å². The molecule has 0 aromatic carbocycles.